The van der Waals surface area contributed by atoms with Crippen LogP contribution >= 0.6 is 11.6 Å². The number of alkyl halides is 1. The number of carbonyl (C=O) groups is 1. The number of amides is 1. The zero-order chi connectivity index (χ0) is 12.8. The van der Waals surface area contributed by atoms with Crippen LogP contribution in [0.4, 0.5) is 0 Å². The van der Waals surface area contributed by atoms with E-state index in [1.807, 2.05) is 6.92 Å². The summed E-state index contributed by atoms with van der Waals surface area (Å²) in [7, 11) is 0. The first kappa shape index (κ1) is 15.8. The lowest BCUT2D eigenvalue weighted by Gasteiger charge is -2.22. The molecule has 0 heterocycles. The predicted octanol–water partition coefficient (Wildman–Crippen LogP) is 3.58. The van der Waals surface area contributed by atoms with Gasteiger partial charge >= 0.3 is 0 Å². The highest BCUT2D eigenvalue weighted by Crippen LogP contribution is 2.23. The lowest BCUT2D eigenvalue weighted by molar-refractivity contribution is -0.124. The van der Waals surface area contributed by atoms with Crippen molar-refractivity contribution in [1.29, 1.82) is 0 Å². The molecule has 16 heavy (non-hydrogen) atoms. The molecule has 0 saturated carbocycles. The molecule has 1 amide bonds. The molecule has 96 valence electrons. The maximum atomic E-state index is 11.6. The molecule has 0 aliphatic heterocycles. The Morgan fingerprint density at radius 3 is 2.38 bits per heavy atom. The summed E-state index contributed by atoms with van der Waals surface area (Å²) in [6.07, 6.45) is 2.90. The number of hydrogen-bond donors (Lipinski definition) is 1. The van der Waals surface area contributed by atoms with Gasteiger partial charge in [0.15, 0.2) is 0 Å². The third-order valence-electron chi connectivity index (χ3n) is 2.50. The number of hydrogen-bond acceptors (Lipinski definition) is 1. The van der Waals surface area contributed by atoms with Crippen molar-refractivity contribution in [2.24, 2.45) is 11.3 Å². The van der Waals surface area contributed by atoms with Gasteiger partial charge in [0.05, 0.1) is 5.38 Å². The summed E-state index contributed by atoms with van der Waals surface area (Å²) in [5, 5.41) is 2.94. The maximum Gasteiger partial charge on any atom is 0.222 e. The van der Waals surface area contributed by atoms with Gasteiger partial charge in [0.2, 0.25) is 5.91 Å². The molecular formula is C13H26ClNO. The van der Waals surface area contributed by atoms with E-state index >= 15 is 0 Å². The van der Waals surface area contributed by atoms with Crippen LogP contribution in [0.5, 0.6) is 0 Å². The molecule has 0 aromatic heterocycles. The van der Waals surface area contributed by atoms with Crippen LogP contribution in [0, 0.1) is 11.3 Å². The highest BCUT2D eigenvalue weighted by molar-refractivity contribution is 6.20. The summed E-state index contributed by atoms with van der Waals surface area (Å²) in [5.41, 5.74) is 0.214. The molecule has 0 bridgehead atoms. The fourth-order valence-corrected chi connectivity index (χ4v) is 2.23. The smallest absolute Gasteiger partial charge is 0.222 e. The van der Waals surface area contributed by atoms with E-state index in [4.69, 9.17) is 11.6 Å². The van der Waals surface area contributed by atoms with Crippen LogP contribution in [0.3, 0.4) is 0 Å². The zero-order valence-corrected chi connectivity index (χ0v) is 12.0. The van der Waals surface area contributed by atoms with E-state index in [1.54, 1.807) is 0 Å². The van der Waals surface area contributed by atoms with Crippen LogP contribution in [-0.4, -0.2) is 17.8 Å². The third-order valence-corrected chi connectivity index (χ3v) is 2.81. The van der Waals surface area contributed by atoms with Crippen molar-refractivity contribution in [2.45, 2.75) is 59.3 Å². The van der Waals surface area contributed by atoms with E-state index in [-0.39, 0.29) is 22.6 Å². The molecule has 3 heteroatoms. The molecule has 0 fully saturated rings. The maximum absolute atomic E-state index is 11.6. The fourth-order valence-electron chi connectivity index (χ4n) is 1.69. The Kier molecular flexibility index (Phi) is 7.05. The molecule has 0 aromatic rings. The van der Waals surface area contributed by atoms with Crippen LogP contribution in [-0.2, 0) is 4.79 Å². The molecule has 2 atom stereocenters. The Balaban J connectivity index is 3.83. The van der Waals surface area contributed by atoms with Gasteiger partial charge in [0.1, 0.15) is 0 Å². The normalized spacial score (nSPS) is 15.6. The van der Waals surface area contributed by atoms with Gasteiger partial charge in [-0.3, -0.25) is 4.79 Å². The van der Waals surface area contributed by atoms with E-state index in [9.17, 15) is 4.79 Å². The van der Waals surface area contributed by atoms with E-state index in [2.05, 4.69) is 33.0 Å². The van der Waals surface area contributed by atoms with Crippen LogP contribution in [0.1, 0.15) is 53.9 Å². The van der Waals surface area contributed by atoms with Gasteiger partial charge in [-0.15, -0.1) is 11.6 Å². The van der Waals surface area contributed by atoms with Crippen molar-refractivity contribution in [3.8, 4) is 0 Å². The first-order chi connectivity index (χ1) is 7.26. The summed E-state index contributed by atoms with van der Waals surface area (Å²) >= 11 is 6.18. The van der Waals surface area contributed by atoms with Gasteiger partial charge in [-0.05, 0) is 18.3 Å². The SMILES string of the molecule is CCCC(C)C(=O)NCC(Cl)CC(C)(C)C. The predicted molar refractivity (Wildman–Crippen MR) is 70.8 cm³/mol. The fraction of sp³-hybridized carbons (Fsp3) is 0.923. The van der Waals surface area contributed by atoms with Crippen molar-refractivity contribution < 1.29 is 4.79 Å². The second-order valence-electron chi connectivity index (χ2n) is 5.80. The van der Waals surface area contributed by atoms with E-state index in [0.29, 0.717) is 6.54 Å². The van der Waals surface area contributed by atoms with Crippen LogP contribution in [0.2, 0.25) is 0 Å². The Bertz CT molecular complexity index is 210. The summed E-state index contributed by atoms with van der Waals surface area (Å²) in [6.45, 7) is 11.1. The Hall–Kier alpha value is -0.240. The number of rotatable bonds is 6. The first-order valence-electron chi connectivity index (χ1n) is 6.18. The standard InChI is InChI=1S/C13H26ClNO/c1-6-7-10(2)12(16)15-9-11(14)8-13(3,4)5/h10-11H,6-9H2,1-5H3,(H,15,16). The monoisotopic (exact) mass is 247 g/mol. The van der Waals surface area contributed by atoms with Gasteiger partial charge in [-0.2, -0.15) is 0 Å². The third kappa shape index (κ3) is 7.98. The minimum absolute atomic E-state index is 0.0257. The highest BCUT2D eigenvalue weighted by Gasteiger charge is 2.18. The number of halogens is 1. The van der Waals surface area contributed by atoms with Crippen LogP contribution in [0.15, 0.2) is 0 Å². The van der Waals surface area contributed by atoms with E-state index < -0.39 is 0 Å². The second-order valence-corrected chi connectivity index (χ2v) is 6.41. The van der Waals surface area contributed by atoms with Gasteiger partial charge in [-0.25, -0.2) is 0 Å². The number of nitrogens with one attached hydrogen (secondary N) is 1. The molecule has 0 aliphatic carbocycles. The molecule has 0 rings (SSSR count). The van der Waals surface area contributed by atoms with Crippen molar-refractivity contribution >= 4 is 17.5 Å². The van der Waals surface area contributed by atoms with Gasteiger partial charge in [-0.1, -0.05) is 41.0 Å². The van der Waals surface area contributed by atoms with Gasteiger partial charge in [0.25, 0.3) is 0 Å². The van der Waals surface area contributed by atoms with E-state index in [0.717, 1.165) is 19.3 Å². The first-order valence-corrected chi connectivity index (χ1v) is 6.61. The summed E-state index contributed by atoms with van der Waals surface area (Å²) in [5.74, 6) is 0.227. The quantitative estimate of drug-likeness (QED) is 0.715. The molecular weight excluding hydrogens is 222 g/mol. The molecule has 0 spiro atoms. The van der Waals surface area contributed by atoms with Crippen LogP contribution in [0.25, 0.3) is 0 Å². The van der Waals surface area contributed by atoms with Crippen molar-refractivity contribution in [3.63, 3.8) is 0 Å². The summed E-state index contributed by atoms with van der Waals surface area (Å²) < 4.78 is 0. The van der Waals surface area contributed by atoms with Crippen molar-refractivity contribution in [3.05, 3.63) is 0 Å². The minimum Gasteiger partial charge on any atom is -0.354 e. The average Bonchev–Trinajstić information content (AvgIpc) is 2.11. The average molecular weight is 248 g/mol. The summed E-state index contributed by atoms with van der Waals surface area (Å²) in [6, 6.07) is 0. The highest BCUT2D eigenvalue weighted by atomic mass is 35.5. The van der Waals surface area contributed by atoms with E-state index in [1.165, 1.54) is 0 Å². The zero-order valence-electron chi connectivity index (χ0n) is 11.3. The van der Waals surface area contributed by atoms with Gasteiger partial charge < -0.3 is 5.32 Å². The van der Waals surface area contributed by atoms with Crippen LogP contribution < -0.4 is 5.32 Å². The molecule has 2 unspecified atom stereocenters. The molecule has 1 N–H and O–H groups in total. The second kappa shape index (κ2) is 7.16. The Morgan fingerprint density at radius 1 is 1.38 bits per heavy atom. The molecule has 0 radical (unpaired) electrons. The lowest BCUT2D eigenvalue weighted by Crippen LogP contribution is -2.35. The number of carbonyl (C=O) groups excluding carboxylic acids is 1. The molecule has 0 aromatic carbocycles. The van der Waals surface area contributed by atoms with Crippen molar-refractivity contribution in [2.75, 3.05) is 6.54 Å². The largest absolute Gasteiger partial charge is 0.354 e. The Labute approximate surface area is 105 Å². The molecule has 2 nitrogen and oxygen atoms in total. The van der Waals surface area contributed by atoms with Crippen molar-refractivity contribution in [1.82, 2.24) is 5.32 Å². The Morgan fingerprint density at radius 2 is 1.94 bits per heavy atom. The molecule has 0 aliphatic rings. The van der Waals surface area contributed by atoms with Gasteiger partial charge in [0, 0.05) is 12.5 Å². The summed E-state index contributed by atoms with van der Waals surface area (Å²) in [4.78, 5) is 11.6. The minimum atomic E-state index is 0.0257. The topological polar surface area (TPSA) is 29.1 Å². The lowest BCUT2D eigenvalue weighted by atomic mass is 9.90. The molecule has 0 saturated heterocycles.